The minimum Gasteiger partial charge on any atom is -0.293 e. The smallest absolute Gasteiger partial charge is 0.293 e. The first-order valence-electron chi connectivity index (χ1n) is 7.43. The van der Waals surface area contributed by atoms with E-state index in [1.807, 2.05) is 0 Å². The molecule has 21 heavy (non-hydrogen) atoms. The zero-order valence-corrected chi connectivity index (χ0v) is 11.8. The van der Waals surface area contributed by atoms with Gasteiger partial charge in [0.2, 0.25) is 0 Å². The molecule has 2 bridgehead atoms. The number of likely N-dealkylation sites (tertiary alicyclic amines) is 2. The molecule has 4 rings (SSSR count). The number of hydrogen-bond donors (Lipinski definition) is 2. The van der Waals surface area contributed by atoms with Gasteiger partial charge in [-0.25, -0.2) is 9.89 Å². The maximum absolute atomic E-state index is 11.1. The van der Waals surface area contributed by atoms with Crippen molar-refractivity contribution in [2.24, 2.45) is 0 Å². The fourth-order valence-electron chi connectivity index (χ4n) is 3.61. The molecule has 2 fully saturated rings. The molecule has 0 radical (unpaired) electrons. The highest BCUT2D eigenvalue weighted by molar-refractivity contribution is 5.15. The van der Waals surface area contributed by atoms with Gasteiger partial charge < -0.3 is 0 Å². The van der Waals surface area contributed by atoms with Crippen molar-refractivity contribution in [1.82, 2.24) is 25.0 Å². The molecule has 0 amide bonds. The van der Waals surface area contributed by atoms with Crippen LogP contribution in [0.2, 0.25) is 0 Å². The number of hydrogen-bond acceptors (Lipinski definition) is 4. The van der Waals surface area contributed by atoms with Gasteiger partial charge >= 0.3 is 5.69 Å². The molecule has 1 aromatic heterocycles. The lowest BCUT2D eigenvalue weighted by Gasteiger charge is -2.33. The molecule has 6 nitrogen and oxygen atoms in total. The molecule has 2 atom stereocenters. The van der Waals surface area contributed by atoms with Crippen LogP contribution < -0.4 is 5.69 Å². The molecular formula is C15H19N5O. The van der Waals surface area contributed by atoms with Gasteiger partial charge in [0.05, 0.1) is 6.54 Å². The summed E-state index contributed by atoms with van der Waals surface area (Å²) in [5, 5.41) is 6.43. The molecule has 3 heterocycles. The Morgan fingerprint density at radius 2 is 1.81 bits per heavy atom. The van der Waals surface area contributed by atoms with Crippen LogP contribution in [0.5, 0.6) is 0 Å². The van der Waals surface area contributed by atoms with E-state index >= 15 is 0 Å². The molecule has 0 unspecified atom stereocenters. The summed E-state index contributed by atoms with van der Waals surface area (Å²) in [5.74, 6) is 0.738. The maximum Gasteiger partial charge on any atom is 0.340 e. The van der Waals surface area contributed by atoms with Crippen molar-refractivity contribution in [2.75, 3.05) is 13.1 Å². The third kappa shape index (κ3) is 2.52. The highest BCUT2D eigenvalue weighted by Crippen LogP contribution is 2.32. The largest absolute Gasteiger partial charge is 0.340 e. The Bertz CT molecular complexity index is 664. The van der Waals surface area contributed by atoms with E-state index in [9.17, 15) is 4.79 Å². The maximum atomic E-state index is 11.1. The molecule has 0 saturated carbocycles. The number of benzene rings is 1. The number of rotatable bonds is 4. The lowest BCUT2D eigenvalue weighted by molar-refractivity contribution is 0.116. The second-order valence-corrected chi connectivity index (χ2v) is 6.01. The Morgan fingerprint density at radius 3 is 2.43 bits per heavy atom. The molecule has 2 N–H and O–H groups in total. The Kier molecular flexibility index (Phi) is 3.12. The number of aromatic amines is 2. The minimum absolute atomic E-state index is 0.222. The van der Waals surface area contributed by atoms with Crippen molar-refractivity contribution in [2.45, 2.75) is 31.6 Å². The molecule has 6 heteroatoms. The fourth-order valence-corrected chi connectivity index (χ4v) is 3.61. The predicted octanol–water partition coefficient (Wildman–Crippen LogP) is 0.557. The summed E-state index contributed by atoms with van der Waals surface area (Å²) in [6.45, 7) is 3.94. The zero-order chi connectivity index (χ0) is 14.2. The lowest BCUT2D eigenvalue weighted by Crippen LogP contribution is -2.45. The van der Waals surface area contributed by atoms with Crippen LogP contribution in [-0.2, 0) is 13.1 Å². The Balaban J connectivity index is 1.38. The van der Waals surface area contributed by atoms with Gasteiger partial charge in [-0.3, -0.25) is 14.8 Å². The number of H-pyrrole nitrogens is 2. The molecule has 110 valence electrons. The molecule has 1 aromatic carbocycles. The first-order valence-corrected chi connectivity index (χ1v) is 7.43. The molecule has 0 spiro atoms. The molecule has 2 aromatic rings. The molecular weight excluding hydrogens is 266 g/mol. The first kappa shape index (κ1) is 12.8. The SMILES string of the molecule is O=c1[nH]nc(CN2C[C@@H]3C[C@H]2CN3Cc2ccccc2)[nH]1. The average Bonchev–Trinajstić information content (AvgIpc) is 3.17. The van der Waals surface area contributed by atoms with E-state index in [1.54, 1.807) is 0 Å². The summed E-state index contributed by atoms with van der Waals surface area (Å²) >= 11 is 0. The van der Waals surface area contributed by atoms with Gasteiger partial charge in [0.15, 0.2) is 0 Å². The van der Waals surface area contributed by atoms with E-state index in [-0.39, 0.29) is 5.69 Å². The van der Waals surface area contributed by atoms with Gasteiger partial charge in [0.1, 0.15) is 5.82 Å². The second-order valence-electron chi connectivity index (χ2n) is 6.01. The van der Waals surface area contributed by atoms with E-state index in [0.29, 0.717) is 12.1 Å². The summed E-state index contributed by atoms with van der Waals surface area (Å²) in [6.07, 6.45) is 1.22. The van der Waals surface area contributed by atoms with Crippen LogP contribution >= 0.6 is 0 Å². The Morgan fingerprint density at radius 1 is 1.10 bits per heavy atom. The van der Waals surface area contributed by atoms with Crippen LogP contribution in [0.15, 0.2) is 35.1 Å². The van der Waals surface area contributed by atoms with Gasteiger partial charge in [-0.15, -0.1) is 0 Å². The van der Waals surface area contributed by atoms with Crippen molar-refractivity contribution >= 4 is 0 Å². The van der Waals surface area contributed by atoms with E-state index in [1.165, 1.54) is 12.0 Å². The molecule has 2 aliphatic rings. The summed E-state index contributed by atoms with van der Waals surface area (Å²) in [7, 11) is 0. The highest BCUT2D eigenvalue weighted by atomic mass is 16.1. The van der Waals surface area contributed by atoms with Crippen LogP contribution in [0, 0.1) is 0 Å². The zero-order valence-electron chi connectivity index (χ0n) is 11.8. The summed E-state index contributed by atoms with van der Waals surface area (Å²) in [5.41, 5.74) is 1.16. The number of nitrogens with one attached hydrogen (secondary N) is 2. The normalized spacial score (nSPS) is 25.7. The van der Waals surface area contributed by atoms with Gasteiger partial charge in [-0.2, -0.15) is 5.10 Å². The number of piperazine rings is 1. The van der Waals surface area contributed by atoms with E-state index in [4.69, 9.17) is 0 Å². The van der Waals surface area contributed by atoms with Gasteiger partial charge in [-0.1, -0.05) is 30.3 Å². The minimum atomic E-state index is -0.222. The quantitative estimate of drug-likeness (QED) is 0.861. The third-order valence-corrected chi connectivity index (χ3v) is 4.60. The van der Waals surface area contributed by atoms with Gasteiger partial charge in [0.25, 0.3) is 0 Å². The van der Waals surface area contributed by atoms with Crippen molar-refractivity contribution in [3.05, 3.63) is 52.2 Å². The fraction of sp³-hybridized carbons (Fsp3) is 0.467. The predicted molar refractivity (Wildman–Crippen MR) is 78.7 cm³/mol. The van der Waals surface area contributed by atoms with E-state index in [2.05, 4.69) is 55.3 Å². The number of aromatic nitrogens is 3. The molecule has 2 saturated heterocycles. The van der Waals surface area contributed by atoms with Crippen LogP contribution in [0.4, 0.5) is 0 Å². The standard InChI is InChI=1S/C15H19N5O/c21-15-16-14(17-18-15)10-20-9-12-6-13(20)8-19(12)7-11-4-2-1-3-5-11/h1-5,12-13H,6-10H2,(H2,16,17,18,21)/t12-,13-/m0/s1. The average molecular weight is 285 g/mol. The number of fused-ring (bicyclic) bond motifs is 2. The third-order valence-electron chi connectivity index (χ3n) is 4.60. The topological polar surface area (TPSA) is 68.0 Å². The Hall–Kier alpha value is -1.92. The van der Waals surface area contributed by atoms with Gasteiger partial charge in [-0.05, 0) is 12.0 Å². The van der Waals surface area contributed by atoms with Crippen molar-refractivity contribution < 1.29 is 0 Å². The van der Waals surface area contributed by atoms with Crippen molar-refractivity contribution in [3.8, 4) is 0 Å². The lowest BCUT2D eigenvalue weighted by atomic mass is 10.2. The van der Waals surface area contributed by atoms with Crippen molar-refractivity contribution in [1.29, 1.82) is 0 Å². The van der Waals surface area contributed by atoms with Crippen LogP contribution in [0.1, 0.15) is 17.8 Å². The first-order chi connectivity index (χ1) is 10.3. The van der Waals surface area contributed by atoms with Gasteiger partial charge in [0, 0.05) is 31.7 Å². The number of nitrogens with zero attached hydrogens (tertiary/aromatic N) is 3. The monoisotopic (exact) mass is 285 g/mol. The summed E-state index contributed by atoms with van der Waals surface area (Å²) in [6, 6.07) is 11.9. The van der Waals surface area contributed by atoms with Crippen LogP contribution in [-0.4, -0.2) is 50.2 Å². The van der Waals surface area contributed by atoms with Crippen molar-refractivity contribution in [3.63, 3.8) is 0 Å². The second kappa shape index (κ2) is 5.13. The molecule has 2 aliphatic heterocycles. The highest BCUT2D eigenvalue weighted by Gasteiger charge is 2.42. The molecule has 0 aliphatic carbocycles. The Labute approximate surface area is 122 Å². The summed E-state index contributed by atoms with van der Waals surface area (Å²) < 4.78 is 0. The van der Waals surface area contributed by atoms with E-state index in [0.717, 1.165) is 32.0 Å². The van der Waals surface area contributed by atoms with E-state index < -0.39 is 0 Å². The summed E-state index contributed by atoms with van der Waals surface area (Å²) in [4.78, 5) is 18.8. The van der Waals surface area contributed by atoms with Crippen LogP contribution in [0.25, 0.3) is 0 Å². The van der Waals surface area contributed by atoms with Crippen LogP contribution in [0.3, 0.4) is 0 Å².